The van der Waals surface area contributed by atoms with Crippen molar-refractivity contribution in [3.63, 3.8) is 0 Å². The van der Waals surface area contributed by atoms with Crippen LogP contribution < -0.4 is 4.72 Å². The molecule has 2 N–H and O–H groups in total. The second kappa shape index (κ2) is 5.97. The van der Waals surface area contributed by atoms with Crippen LogP contribution in [0.3, 0.4) is 0 Å². The number of sulfonamides is 1. The Morgan fingerprint density at radius 2 is 2.00 bits per heavy atom. The lowest BCUT2D eigenvalue weighted by atomic mass is 10.1. The van der Waals surface area contributed by atoms with Gasteiger partial charge in [-0.2, -0.15) is 5.10 Å². The van der Waals surface area contributed by atoms with Gasteiger partial charge in [0.1, 0.15) is 0 Å². The van der Waals surface area contributed by atoms with Crippen molar-refractivity contribution in [2.45, 2.75) is 31.9 Å². The van der Waals surface area contributed by atoms with Crippen molar-refractivity contribution in [3.8, 4) is 0 Å². The summed E-state index contributed by atoms with van der Waals surface area (Å²) in [6.07, 6.45) is 1.65. The molecule has 2 aromatic rings. The quantitative estimate of drug-likeness (QED) is 0.863. The molecule has 0 saturated carbocycles. The van der Waals surface area contributed by atoms with E-state index >= 15 is 0 Å². The summed E-state index contributed by atoms with van der Waals surface area (Å²) >= 11 is 0. The van der Waals surface area contributed by atoms with Crippen LogP contribution in [0.25, 0.3) is 0 Å². The molecule has 2 rings (SSSR count). The van der Waals surface area contributed by atoms with Crippen LogP contribution in [0.15, 0.2) is 29.3 Å². The highest BCUT2D eigenvalue weighted by atomic mass is 32.2. The zero-order valence-electron chi connectivity index (χ0n) is 12.3. The molecular formula is C14H19N3O3S. The lowest BCUT2D eigenvalue weighted by molar-refractivity contribution is 0.280. The normalized spacial score (nSPS) is 11.8. The first-order valence-electron chi connectivity index (χ1n) is 6.53. The Balaban J connectivity index is 2.25. The second-order valence-corrected chi connectivity index (χ2v) is 6.64. The topological polar surface area (TPSA) is 84.2 Å². The zero-order chi connectivity index (χ0) is 15.6. The fourth-order valence-electron chi connectivity index (χ4n) is 2.09. The first kappa shape index (κ1) is 15.7. The highest BCUT2D eigenvalue weighted by Gasteiger charge is 2.18. The minimum absolute atomic E-state index is 0.184. The first-order chi connectivity index (χ1) is 9.86. The van der Waals surface area contributed by atoms with Crippen molar-refractivity contribution in [1.82, 2.24) is 14.5 Å². The van der Waals surface area contributed by atoms with E-state index in [4.69, 9.17) is 0 Å². The van der Waals surface area contributed by atoms with E-state index in [0.717, 1.165) is 11.3 Å². The maximum Gasteiger partial charge on any atom is 0.241 e. The van der Waals surface area contributed by atoms with Crippen LogP contribution in [0.5, 0.6) is 0 Å². The van der Waals surface area contributed by atoms with E-state index in [1.807, 2.05) is 14.0 Å². The lowest BCUT2D eigenvalue weighted by Gasteiger charge is -2.11. The Hall–Kier alpha value is -1.70. The van der Waals surface area contributed by atoms with E-state index in [9.17, 15) is 13.5 Å². The van der Waals surface area contributed by atoms with Crippen LogP contribution in [-0.4, -0.2) is 23.3 Å². The summed E-state index contributed by atoms with van der Waals surface area (Å²) in [5.41, 5.74) is 2.92. The number of aliphatic hydroxyl groups is 1. The van der Waals surface area contributed by atoms with Crippen molar-refractivity contribution >= 4 is 10.0 Å². The van der Waals surface area contributed by atoms with Crippen LogP contribution in [0.1, 0.15) is 22.4 Å². The molecule has 0 fully saturated rings. The number of rotatable bonds is 5. The summed E-state index contributed by atoms with van der Waals surface area (Å²) in [7, 11) is -1.82. The summed E-state index contributed by atoms with van der Waals surface area (Å²) in [4.78, 5) is 0.190. The summed E-state index contributed by atoms with van der Waals surface area (Å²) < 4.78 is 29.1. The average Bonchev–Trinajstić information content (AvgIpc) is 2.77. The molecule has 1 aromatic carbocycles. The molecule has 7 heteroatoms. The Morgan fingerprint density at radius 3 is 2.57 bits per heavy atom. The minimum atomic E-state index is -3.63. The fraction of sp³-hybridized carbons (Fsp3) is 0.357. The van der Waals surface area contributed by atoms with Gasteiger partial charge >= 0.3 is 0 Å². The second-order valence-electron chi connectivity index (χ2n) is 4.90. The number of hydrogen-bond donors (Lipinski definition) is 2. The maximum absolute atomic E-state index is 12.4. The number of aromatic nitrogens is 2. The molecule has 0 radical (unpaired) electrons. The third-order valence-electron chi connectivity index (χ3n) is 3.65. The number of aryl methyl sites for hydroxylation is 1. The molecule has 21 heavy (non-hydrogen) atoms. The summed E-state index contributed by atoms with van der Waals surface area (Å²) in [6.45, 7) is 3.57. The molecule has 0 amide bonds. The zero-order valence-corrected chi connectivity index (χ0v) is 13.1. The van der Waals surface area contributed by atoms with Crippen molar-refractivity contribution in [3.05, 3.63) is 46.8 Å². The van der Waals surface area contributed by atoms with E-state index in [-0.39, 0.29) is 18.0 Å². The van der Waals surface area contributed by atoms with E-state index < -0.39 is 10.0 Å². The highest BCUT2D eigenvalue weighted by Crippen LogP contribution is 2.19. The van der Waals surface area contributed by atoms with Gasteiger partial charge in [0.05, 0.1) is 17.7 Å². The van der Waals surface area contributed by atoms with Crippen molar-refractivity contribution < 1.29 is 13.5 Å². The van der Waals surface area contributed by atoms with Crippen LogP contribution in [0, 0.1) is 13.8 Å². The largest absolute Gasteiger partial charge is 0.392 e. The first-order valence-corrected chi connectivity index (χ1v) is 8.01. The monoisotopic (exact) mass is 309 g/mol. The third kappa shape index (κ3) is 3.15. The van der Waals surface area contributed by atoms with Crippen molar-refractivity contribution in [2.24, 2.45) is 7.05 Å². The molecule has 0 atom stereocenters. The Morgan fingerprint density at radius 1 is 1.29 bits per heavy atom. The maximum atomic E-state index is 12.4. The molecule has 0 aliphatic heterocycles. The molecule has 6 nitrogen and oxygen atoms in total. The van der Waals surface area contributed by atoms with E-state index in [1.54, 1.807) is 29.9 Å². The van der Waals surface area contributed by atoms with Gasteiger partial charge in [0.15, 0.2) is 0 Å². The van der Waals surface area contributed by atoms with Gasteiger partial charge in [-0.1, -0.05) is 12.1 Å². The van der Waals surface area contributed by atoms with E-state index in [2.05, 4.69) is 9.82 Å². The van der Waals surface area contributed by atoms with Gasteiger partial charge in [0.25, 0.3) is 0 Å². The predicted molar refractivity (Wildman–Crippen MR) is 79.1 cm³/mol. The van der Waals surface area contributed by atoms with Crippen LogP contribution in [-0.2, 0) is 30.2 Å². The lowest BCUT2D eigenvalue weighted by Crippen LogP contribution is -2.24. The number of nitrogens with zero attached hydrogens (tertiary/aromatic N) is 2. The molecule has 0 spiro atoms. The molecule has 0 aliphatic rings. The van der Waals surface area contributed by atoms with Crippen LogP contribution in [0.4, 0.5) is 0 Å². The summed E-state index contributed by atoms with van der Waals surface area (Å²) in [5.74, 6) is 0. The molecule has 0 bridgehead atoms. The fourth-order valence-corrected chi connectivity index (χ4v) is 3.38. The van der Waals surface area contributed by atoms with Gasteiger partial charge in [-0.3, -0.25) is 4.68 Å². The number of hydrogen-bond acceptors (Lipinski definition) is 4. The molecule has 1 aromatic heterocycles. The molecule has 0 aliphatic carbocycles. The Labute approximate surface area is 124 Å². The van der Waals surface area contributed by atoms with Crippen molar-refractivity contribution in [2.75, 3.05) is 0 Å². The van der Waals surface area contributed by atoms with E-state index in [0.29, 0.717) is 11.1 Å². The molecule has 114 valence electrons. The number of nitrogens with one attached hydrogen (secondary N) is 1. The van der Waals surface area contributed by atoms with E-state index in [1.165, 1.54) is 6.07 Å². The SMILES string of the molecule is Cc1c(CO)cccc1S(=O)(=O)NCc1cnn(C)c1C. The molecular weight excluding hydrogens is 290 g/mol. The average molecular weight is 309 g/mol. The molecule has 0 unspecified atom stereocenters. The highest BCUT2D eigenvalue weighted by molar-refractivity contribution is 7.89. The third-order valence-corrected chi connectivity index (χ3v) is 5.19. The molecule has 1 heterocycles. The van der Waals surface area contributed by atoms with Gasteiger partial charge in [0, 0.05) is 24.8 Å². The molecule has 0 saturated heterocycles. The standard InChI is InChI=1S/C14H19N3O3S/c1-10-12(9-18)5-4-6-14(10)21(19,20)16-8-13-7-15-17(3)11(13)2/h4-7,16,18H,8-9H2,1-3H3. The van der Waals surface area contributed by atoms with Gasteiger partial charge in [-0.25, -0.2) is 13.1 Å². The number of benzene rings is 1. The van der Waals surface area contributed by atoms with Gasteiger partial charge in [0.2, 0.25) is 10.0 Å². The Kier molecular flexibility index (Phi) is 4.46. The van der Waals surface area contributed by atoms with Gasteiger partial charge < -0.3 is 5.11 Å². The summed E-state index contributed by atoms with van der Waals surface area (Å²) in [5, 5.41) is 13.3. The van der Waals surface area contributed by atoms with Crippen LogP contribution in [0.2, 0.25) is 0 Å². The van der Waals surface area contributed by atoms with Gasteiger partial charge in [-0.15, -0.1) is 0 Å². The van der Waals surface area contributed by atoms with Crippen molar-refractivity contribution in [1.29, 1.82) is 0 Å². The summed E-state index contributed by atoms with van der Waals surface area (Å²) in [6, 6.07) is 4.87. The van der Waals surface area contributed by atoms with Gasteiger partial charge in [-0.05, 0) is 31.0 Å². The Bertz CT molecular complexity index is 751. The minimum Gasteiger partial charge on any atom is -0.392 e. The smallest absolute Gasteiger partial charge is 0.241 e. The predicted octanol–water partition coefficient (Wildman–Crippen LogP) is 1.01. The van der Waals surface area contributed by atoms with Crippen LogP contribution >= 0.6 is 0 Å². The number of aliphatic hydroxyl groups excluding tert-OH is 1.